The van der Waals surface area contributed by atoms with Crippen molar-refractivity contribution in [1.82, 2.24) is 15.0 Å². The van der Waals surface area contributed by atoms with E-state index in [0.29, 0.717) is 81.6 Å². The second-order valence-electron chi connectivity index (χ2n) is 10.4. The molecule has 1 amide bonds. The first kappa shape index (κ1) is 26.1. The van der Waals surface area contributed by atoms with Crippen LogP contribution in [0.4, 0.5) is 22.5 Å². The smallest absolute Gasteiger partial charge is 0.274 e. The van der Waals surface area contributed by atoms with Gasteiger partial charge in [-0.1, -0.05) is 17.4 Å². The zero-order valence-corrected chi connectivity index (χ0v) is 22.4. The van der Waals surface area contributed by atoms with Gasteiger partial charge in [-0.3, -0.25) is 4.79 Å². The van der Waals surface area contributed by atoms with Crippen molar-refractivity contribution in [2.24, 2.45) is 0 Å². The summed E-state index contributed by atoms with van der Waals surface area (Å²) in [4.78, 5) is 33.8. The van der Waals surface area contributed by atoms with Gasteiger partial charge in [-0.2, -0.15) is 4.98 Å². The summed E-state index contributed by atoms with van der Waals surface area (Å²) >= 11 is 1.53. The van der Waals surface area contributed by atoms with Crippen molar-refractivity contribution in [1.29, 1.82) is 0 Å². The summed E-state index contributed by atoms with van der Waals surface area (Å²) in [5, 5.41) is 33.9. The van der Waals surface area contributed by atoms with E-state index < -0.39 is 5.60 Å². The fourth-order valence-corrected chi connectivity index (χ4v) is 6.22. The number of pyridine rings is 2. The van der Waals surface area contributed by atoms with E-state index in [1.54, 1.807) is 12.1 Å². The first-order valence-corrected chi connectivity index (χ1v) is 14.2. The van der Waals surface area contributed by atoms with E-state index in [-0.39, 0.29) is 24.3 Å². The Balaban J connectivity index is 1.30. The molecular formula is C26H33N7O5S. The predicted molar refractivity (Wildman–Crippen MR) is 149 cm³/mol. The monoisotopic (exact) mass is 555 g/mol. The molecule has 3 saturated heterocycles. The lowest BCUT2D eigenvalue weighted by Crippen LogP contribution is -2.47. The van der Waals surface area contributed by atoms with Crippen LogP contribution in [-0.4, -0.2) is 107 Å². The molecule has 0 spiro atoms. The standard InChI is InChI=1S/C26H33N7O5S/c34-16-26(37)5-8-31(9-6-26)23-19(14-20-22(29-23)30-25(39-20)32-10-12-38-13-11-32)28-24(36)18-2-1-3-21(27-18)33-7-4-17(35)15-33/h1-3,14,17,34-35,37H,4-13,15-16H2,(H,28,36). The predicted octanol–water partition coefficient (Wildman–Crippen LogP) is 1.07. The third-order valence-electron chi connectivity index (χ3n) is 7.62. The summed E-state index contributed by atoms with van der Waals surface area (Å²) in [6, 6.07) is 7.21. The van der Waals surface area contributed by atoms with Crippen molar-refractivity contribution < 1.29 is 24.9 Å². The summed E-state index contributed by atoms with van der Waals surface area (Å²) in [6.45, 7) is 4.68. The van der Waals surface area contributed by atoms with Crippen molar-refractivity contribution in [3.63, 3.8) is 0 Å². The number of ether oxygens (including phenoxy) is 1. The Morgan fingerprint density at radius 1 is 1.08 bits per heavy atom. The number of nitrogens with one attached hydrogen (secondary N) is 1. The lowest BCUT2D eigenvalue weighted by molar-refractivity contribution is -0.0326. The highest BCUT2D eigenvalue weighted by Gasteiger charge is 2.33. The summed E-state index contributed by atoms with van der Waals surface area (Å²) in [5.74, 6) is 0.874. The van der Waals surface area contributed by atoms with Crippen molar-refractivity contribution in [3.05, 3.63) is 30.0 Å². The van der Waals surface area contributed by atoms with E-state index in [1.165, 1.54) is 11.3 Å². The van der Waals surface area contributed by atoms with Crippen molar-refractivity contribution in [2.45, 2.75) is 31.0 Å². The first-order chi connectivity index (χ1) is 18.9. The van der Waals surface area contributed by atoms with Gasteiger partial charge in [-0.05, 0) is 37.5 Å². The van der Waals surface area contributed by atoms with Gasteiger partial charge in [0.15, 0.2) is 16.6 Å². The van der Waals surface area contributed by atoms with E-state index in [4.69, 9.17) is 14.7 Å². The second-order valence-corrected chi connectivity index (χ2v) is 11.4. The number of aliphatic hydroxyl groups is 3. The van der Waals surface area contributed by atoms with Gasteiger partial charge in [0.1, 0.15) is 11.5 Å². The zero-order valence-electron chi connectivity index (χ0n) is 21.6. The van der Waals surface area contributed by atoms with Gasteiger partial charge < -0.3 is 40.1 Å². The number of aromatic nitrogens is 3. The van der Waals surface area contributed by atoms with Gasteiger partial charge in [0.2, 0.25) is 0 Å². The topological polar surface area (TPSA) is 147 Å². The van der Waals surface area contributed by atoms with E-state index in [1.807, 2.05) is 21.9 Å². The molecular weight excluding hydrogens is 522 g/mol. The minimum atomic E-state index is -1.11. The molecule has 39 heavy (non-hydrogen) atoms. The van der Waals surface area contributed by atoms with Crippen LogP contribution in [0, 0.1) is 0 Å². The fraction of sp³-hybridized carbons (Fsp3) is 0.538. The van der Waals surface area contributed by atoms with Crippen molar-refractivity contribution >= 4 is 50.0 Å². The molecule has 1 unspecified atom stereocenters. The Bertz CT molecular complexity index is 1340. The van der Waals surface area contributed by atoms with Crippen LogP contribution >= 0.6 is 11.3 Å². The lowest BCUT2D eigenvalue weighted by atomic mass is 9.92. The van der Waals surface area contributed by atoms with Gasteiger partial charge in [0, 0.05) is 39.3 Å². The Morgan fingerprint density at radius 3 is 2.59 bits per heavy atom. The van der Waals surface area contributed by atoms with Crippen LogP contribution in [0.3, 0.4) is 0 Å². The number of β-amino-alcohol motifs (C(OH)–C–C–N with tert-alkyl or cyclic N) is 1. The summed E-state index contributed by atoms with van der Waals surface area (Å²) in [5.41, 5.74) is 0.307. The first-order valence-electron chi connectivity index (χ1n) is 13.3. The number of thiazole rings is 1. The van der Waals surface area contributed by atoms with Crippen LogP contribution in [0.1, 0.15) is 29.8 Å². The van der Waals surface area contributed by atoms with Crippen LogP contribution in [0.25, 0.3) is 10.3 Å². The average Bonchev–Trinajstić information content (AvgIpc) is 3.59. The molecule has 6 rings (SSSR count). The van der Waals surface area contributed by atoms with Gasteiger partial charge >= 0.3 is 0 Å². The molecule has 3 fully saturated rings. The highest BCUT2D eigenvalue weighted by Crippen LogP contribution is 2.36. The molecule has 0 aromatic carbocycles. The number of aliphatic hydroxyl groups excluding tert-OH is 2. The lowest BCUT2D eigenvalue weighted by Gasteiger charge is -2.38. The number of hydrogen-bond acceptors (Lipinski definition) is 12. The van der Waals surface area contributed by atoms with Crippen LogP contribution < -0.4 is 20.0 Å². The van der Waals surface area contributed by atoms with Crippen LogP contribution in [0.15, 0.2) is 24.3 Å². The summed E-state index contributed by atoms with van der Waals surface area (Å²) in [6.07, 6.45) is 1.06. The highest BCUT2D eigenvalue weighted by atomic mass is 32.1. The molecule has 6 heterocycles. The molecule has 0 saturated carbocycles. The number of carbonyl (C=O) groups is 1. The molecule has 3 aliphatic heterocycles. The minimum absolute atomic E-state index is 0.270. The van der Waals surface area contributed by atoms with Crippen molar-refractivity contribution in [2.75, 3.05) is 79.1 Å². The SMILES string of the molecule is O=C(Nc1cc2sc(N3CCOCC3)nc2nc1N1CCC(O)(CO)CC1)c1cccc(N2CCC(O)C2)n1. The number of amides is 1. The second kappa shape index (κ2) is 10.8. The molecule has 1 atom stereocenters. The van der Waals surface area contributed by atoms with E-state index in [0.717, 1.165) is 22.9 Å². The number of fused-ring (bicyclic) bond motifs is 1. The Hall–Kier alpha value is -3.10. The number of anilines is 4. The quantitative estimate of drug-likeness (QED) is 0.346. The maximum Gasteiger partial charge on any atom is 0.274 e. The summed E-state index contributed by atoms with van der Waals surface area (Å²) < 4.78 is 6.33. The largest absolute Gasteiger partial charge is 0.393 e. The molecule has 208 valence electrons. The maximum atomic E-state index is 13.4. The fourth-order valence-electron chi connectivity index (χ4n) is 5.22. The normalized spacial score (nSPS) is 21.5. The minimum Gasteiger partial charge on any atom is -0.393 e. The number of piperidine rings is 1. The average molecular weight is 556 g/mol. The number of nitrogens with zero attached hydrogens (tertiary/aromatic N) is 6. The number of carbonyl (C=O) groups excluding carboxylic acids is 1. The third-order valence-corrected chi connectivity index (χ3v) is 8.68. The molecule has 0 radical (unpaired) electrons. The van der Waals surface area contributed by atoms with E-state index >= 15 is 0 Å². The van der Waals surface area contributed by atoms with Gasteiger partial charge in [0.25, 0.3) is 5.91 Å². The van der Waals surface area contributed by atoms with E-state index in [2.05, 4.69) is 15.2 Å². The van der Waals surface area contributed by atoms with Crippen LogP contribution in [0.2, 0.25) is 0 Å². The molecule has 12 nitrogen and oxygen atoms in total. The molecule has 0 bridgehead atoms. The Labute approximate surface area is 229 Å². The van der Waals surface area contributed by atoms with Gasteiger partial charge in [-0.15, -0.1) is 0 Å². The number of hydrogen-bond donors (Lipinski definition) is 4. The molecule has 13 heteroatoms. The maximum absolute atomic E-state index is 13.4. The Morgan fingerprint density at radius 2 is 1.87 bits per heavy atom. The van der Waals surface area contributed by atoms with Crippen molar-refractivity contribution in [3.8, 4) is 0 Å². The number of morpholine rings is 1. The van der Waals surface area contributed by atoms with Gasteiger partial charge in [-0.25, -0.2) is 9.97 Å². The molecule has 0 aliphatic carbocycles. The van der Waals surface area contributed by atoms with Crippen LogP contribution in [-0.2, 0) is 4.74 Å². The molecule has 3 aromatic rings. The molecule has 4 N–H and O–H groups in total. The van der Waals surface area contributed by atoms with E-state index in [9.17, 15) is 20.1 Å². The zero-order chi connectivity index (χ0) is 27.0. The van der Waals surface area contributed by atoms with Gasteiger partial charge in [0.05, 0.1) is 41.9 Å². The molecule has 3 aliphatic rings. The van der Waals surface area contributed by atoms with Crippen LogP contribution in [0.5, 0.6) is 0 Å². The number of rotatable bonds is 6. The Kier molecular flexibility index (Phi) is 7.25. The summed E-state index contributed by atoms with van der Waals surface area (Å²) in [7, 11) is 0. The third kappa shape index (κ3) is 5.50. The molecule has 3 aromatic heterocycles. The highest BCUT2D eigenvalue weighted by molar-refractivity contribution is 7.22.